The molecular weight excluding hydrogens is 280 g/mol. The average Bonchev–Trinajstić information content (AvgIpc) is 2.80. The number of unbranched alkanes of at least 4 members (excludes halogenated alkanes) is 2. The van der Waals surface area contributed by atoms with Gasteiger partial charge in [0.25, 0.3) is 0 Å². The van der Waals surface area contributed by atoms with Gasteiger partial charge in [0.1, 0.15) is 10.6 Å². The fourth-order valence-electron chi connectivity index (χ4n) is 1.86. The molecule has 114 valence electrons. The summed E-state index contributed by atoms with van der Waals surface area (Å²) >= 11 is 0. The Labute approximate surface area is 119 Å². The monoisotopic (exact) mass is 302 g/mol. The Morgan fingerprint density at radius 3 is 2.50 bits per heavy atom. The second-order valence-corrected chi connectivity index (χ2v) is 6.74. The van der Waals surface area contributed by atoms with Crippen molar-refractivity contribution in [1.29, 1.82) is 0 Å². The minimum atomic E-state index is -3.64. The molecule has 0 radical (unpaired) electrons. The zero-order valence-electron chi connectivity index (χ0n) is 12.1. The second kappa shape index (κ2) is 6.90. The summed E-state index contributed by atoms with van der Waals surface area (Å²) in [4.78, 5) is 11.1. The first kappa shape index (κ1) is 16.7. The minimum Gasteiger partial charge on any atom is -0.477 e. The van der Waals surface area contributed by atoms with Gasteiger partial charge in [0.05, 0.1) is 0 Å². The van der Waals surface area contributed by atoms with E-state index in [2.05, 4.69) is 4.72 Å². The molecule has 0 aliphatic rings. The van der Waals surface area contributed by atoms with Gasteiger partial charge in [-0.15, -0.1) is 0 Å². The van der Waals surface area contributed by atoms with E-state index in [1.54, 1.807) is 13.8 Å². The van der Waals surface area contributed by atoms with Gasteiger partial charge in [-0.25, -0.2) is 17.9 Å². The lowest BCUT2D eigenvalue weighted by molar-refractivity contribution is 0.0683. The molecule has 0 aliphatic heterocycles. The summed E-state index contributed by atoms with van der Waals surface area (Å²) in [6.45, 7) is 6.01. The van der Waals surface area contributed by atoms with E-state index in [9.17, 15) is 13.2 Å². The number of hydrogen-bond donors (Lipinski definition) is 2. The molecule has 1 heterocycles. The number of carboxylic acids is 1. The molecule has 2 N–H and O–H groups in total. The van der Waals surface area contributed by atoms with E-state index >= 15 is 0 Å². The van der Waals surface area contributed by atoms with Crippen molar-refractivity contribution in [2.45, 2.75) is 51.0 Å². The lowest BCUT2D eigenvalue weighted by atomic mass is 10.3. The topological polar surface area (TPSA) is 88.4 Å². The highest BCUT2D eigenvalue weighted by molar-refractivity contribution is 7.89. The fraction of sp³-hybridized carbons (Fsp3) is 0.615. The largest absolute Gasteiger partial charge is 0.477 e. The molecule has 0 amide bonds. The van der Waals surface area contributed by atoms with Crippen molar-refractivity contribution in [3.63, 3.8) is 0 Å². The van der Waals surface area contributed by atoms with Crippen molar-refractivity contribution in [2.24, 2.45) is 0 Å². The van der Waals surface area contributed by atoms with E-state index in [-0.39, 0.29) is 16.6 Å². The van der Waals surface area contributed by atoms with Crippen molar-refractivity contribution < 1.29 is 18.3 Å². The number of carboxylic acid groups (broad SMARTS) is 1. The Hall–Kier alpha value is -1.34. The maximum absolute atomic E-state index is 12.1. The molecule has 6 nitrogen and oxygen atoms in total. The lowest BCUT2D eigenvalue weighted by Crippen LogP contribution is -2.24. The molecule has 0 saturated carbocycles. The summed E-state index contributed by atoms with van der Waals surface area (Å²) in [6.07, 6.45) is 4.10. The van der Waals surface area contributed by atoms with Gasteiger partial charge in [-0.2, -0.15) is 0 Å². The molecule has 0 atom stereocenters. The molecule has 0 fully saturated rings. The van der Waals surface area contributed by atoms with Gasteiger partial charge in [0.2, 0.25) is 10.0 Å². The second-order valence-electron chi connectivity index (χ2n) is 4.97. The van der Waals surface area contributed by atoms with Gasteiger partial charge in [0, 0.05) is 18.8 Å². The van der Waals surface area contributed by atoms with Crippen LogP contribution in [0.15, 0.2) is 17.2 Å². The predicted octanol–water partition coefficient (Wildman–Crippen LogP) is 2.24. The van der Waals surface area contributed by atoms with Crippen LogP contribution in [-0.2, 0) is 10.0 Å². The van der Waals surface area contributed by atoms with Crippen LogP contribution in [0.2, 0.25) is 0 Å². The number of hydrogen-bond acceptors (Lipinski definition) is 3. The molecule has 20 heavy (non-hydrogen) atoms. The zero-order chi connectivity index (χ0) is 15.3. The Kier molecular flexibility index (Phi) is 5.76. The number of nitrogens with zero attached hydrogens (tertiary/aromatic N) is 1. The first-order valence-corrected chi connectivity index (χ1v) is 8.22. The lowest BCUT2D eigenvalue weighted by Gasteiger charge is -2.09. The normalized spacial score (nSPS) is 12.0. The van der Waals surface area contributed by atoms with Crippen LogP contribution in [0.4, 0.5) is 0 Å². The summed E-state index contributed by atoms with van der Waals surface area (Å²) < 4.78 is 28.1. The van der Waals surface area contributed by atoms with Gasteiger partial charge >= 0.3 is 5.97 Å². The number of nitrogens with one attached hydrogen (secondary N) is 1. The quantitative estimate of drug-likeness (QED) is 0.721. The molecule has 7 heteroatoms. The van der Waals surface area contributed by atoms with E-state index in [0.29, 0.717) is 6.54 Å². The van der Waals surface area contributed by atoms with E-state index in [1.807, 2.05) is 6.92 Å². The summed E-state index contributed by atoms with van der Waals surface area (Å²) in [7, 11) is -3.64. The molecule has 1 aromatic rings. The van der Waals surface area contributed by atoms with Crippen LogP contribution < -0.4 is 4.72 Å². The van der Waals surface area contributed by atoms with Gasteiger partial charge in [-0.3, -0.25) is 0 Å². The molecule has 0 aliphatic carbocycles. The molecular formula is C13H22N2O4S. The van der Waals surface area contributed by atoms with Crippen LogP contribution in [0.1, 0.15) is 56.6 Å². The van der Waals surface area contributed by atoms with E-state index in [1.165, 1.54) is 16.8 Å². The Balaban J connectivity index is 2.95. The van der Waals surface area contributed by atoms with Crippen molar-refractivity contribution >= 4 is 16.0 Å². The van der Waals surface area contributed by atoms with E-state index in [0.717, 1.165) is 19.3 Å². The summed E-state index contributed by atoms with van der Waals surface area (Å²) in [5.41, 5.74) is -0.0195. The van der Waals surface area contributed by atoms with Crippen LogP contribution in [0.25, 0.3) is 0 Å². The van der Waals surface area contributed by atoms with Crippen LogP contribution in [0.3, 0.4) is 0 Å². The minimum absolute atomic E-state index is 0.0000912. The van der Waals surface area contributed by atoms with Crippen molar-refractivity contribution in [2.75, 3.05) is 6.54 Å². The standard InChI is InChI=1S/C13H22N2O4S/c1-4-5-6-7-14-20(18,19)11-8-12(13(16)17)15(9-11)10(2)3/h8-10,14H,4-7H2,1-3H3,(H,16,17). The van der Waals surface area contributed by atoms with E-state index in [4.69, 9.17) is 5.11 Å². The molecule has 0 unspecified atom stereocenters. The molecule has 0 saturated heterocycles. The third kappa shape index (κ3) is 4.08. The Bertz CT molecular complexity index is 561. The number of aromatic carboxylic acids is 1. The van der Waals surface area contributed by atoms with Gasteiger partial charge < -0.3 is 9.67 Å². The first-order valence-electron chi connectivity index (χ1n) is 6.74. The SMILES string of the molecule is CCCCCNS(=O)(=O)c1cc(C(=O)O)n(C(C)C)c1. The van der Waals surface area contributed by atoms with Crippen molar-refractivity contribution in [3.05, 3.63) is 18.0 Å². The van der Waals surface area contributed by atoms with Crippen LogP contribution in [0.5, 0.6) is 0 Å². The molecule has 1 aromatic heterocycles. The zero-order valence-corrected chi connectivity index (χ0v) is 12.9. The number of aromatic nitrogens is 1. The van der Waals surface area contributed by atoms with Crippen LogP contribution in [-0.4, -0.2) is 30.6 Å². The summed E-state index contributed by atoms with van der Waals surface area (Å²) in [6, 6.07) is 1.08. The van der Waals surface area contributed by atoms with Crippen molar-refractivity contribution in [1.82, 2.24) is 9.29 Å². The van der Waals surface area contributed by atoms with Gasteiger partial charge in [-0.1, -0.05) is 19.8 Å². The number of rotatable bonds is 8. The Morgan fingerprint density at radius 2 is 2.05 bits per heavy atom. The molecule has 0 spiro atoms. The highest BCUT2D eigenvalue weighted by Gasteiger charge is 2.21. The van der Waals surface area contributed by atoms with Crippen LogP contribution in [0, 0.1) is 0 Å². The van der Waals surface area contributed by atoms with Gasteiger partial charge in [-0.05, 0) is 26.3 Å². The average molecular weight is 302 g/mol. The smallest absolute Gasteiger partial charge is 0.352 e. The van der Waals surface area contributed by atoms with Gasteiger partial charge in [0.15, 0.2) is 0 Å². The summed E-state index contributed by atoms with van der Waals surface area (Å²) in [5.74, 6) is -1.13. The Morgan fingerprint density at radius 1 is 1.40 bits per heavy atom. The first-order chi connectivity index (χ1) is 9.29. The third-order valence-corrected chi connectivity index (χ3v) is 4.41. The highest BCUT2D eigenvalue weighted by atomic mass is 32.2. The molecule has 0 aromatic carbocycles. The maximum Gasteiger partial charge on any atom is 0.352 e. The number of carbonyl (C=O) groups is 1. The fourth-order valence-corrected chi connectivity index (χ4v) is 2.96. The highest BCUT2D eigenvalue weighted by Crippen LogP contribution is 2.19. The third-order valence-electron chi connectivity index (χ3n) is 2.98. The molecule has 0 bridgehead atoms. The maximum atomic E-state index is 12.1. The number of sulfonamides is 1. The van der Waals surface area contributed by atoms with Crippen LogP contribution >= 0.6 is 0 Å². The van der Waals surface area contributed by atoms with E-state index < -0.39 is 16.0 Å². The predicted molar refractivity (Wildman–Crippen MR) is 76.5 cm³/mol. The summed E-state index contributed by atoms with van der Waals surface area (Å²) in [5, 5.41) is 9.10. The molecule has 1 rings (SSSR count). The van der Waals surface area contributed by atoms with Crippen molar-refractivity contribution in [3.8, 4) is 0 Å².